The van der Waals surface area contributed by atoms with E-state index in [9.17, 15) is 0 Å². The second-order valence-corrected chi connectivity index (χ2v) is 13.5. The van der Waals surface area contributed by atoms with Crippen LogP contribution in [0.5, 0.6) is 0 Å². The number of aromatic nitrogens is 2. The Hall–Kier alpha value is -6.65. The van der Waals surface area contributed by atoms with Gasteiger partial charge in [0.2, 0.25) is 5.71 Å². The maximum absolute atomic E-state index is 6.80. The van der Waals surface area contributed by atoms with Crippen molar-refractivity contribution >= 4 is 55.2 Å². The standard InChI is InChI=1S/C47H31N3O/c1-3-13-30(14-4-1)32-17-11-18-33(29-32)49-41-22-9-7-19-34(41)36-25-26-37-35-20-8-10-23-42(35)50(45(37)44(36)49)43-24-12-21-38-39-27-28-40(31-15-5-2-6-16-31)48-47(39)51-46(38)43/h1-29,35,42H. The van der Waals surface area contributed by atoms with Gasteiger partial charge in [-0.1, -0.05) is 140 Å². The summed E-state index contributed by atoms with van der Waals surface area (Å²) < 4.78 is 9.27. The van der Waals surface area contributed by atoms with Crippen LogP contribution in [-0.2, 0) is 0 Å². The van der Waals surface area contributed by atoms with Crippen LogP contribution in [-0.4, -0.2) is 15.6 Å². The summed E-state index contributed by atoms with van der Waals surface area (Å²) in [7, 11) is 0. The van der Waals surface area contributed by atoms with Crippen LogP contribution in [0.25, 0.3) is 71.9 Å². The fourth-order valence-electron chi connectivity index (χ4n) is 8.48. The first-order valence-corrected chi connectivity index (χ1v) is 17.6. The summed E-state index contributed by atoms with van der Waals surface area (Å²) in [5, 5.41) is 4.56. The molecule has 0 saturated carbocycles. The van der Waals surface area contributed by atoms with Crippen molar-refractivity contribution in [3.8, 4) is 28.1 Å². The lowest BCUT2D eigenvalue weighted by Crippen LogP contribution is -2.28. The van der Waals surface area contributed by atoms with E-state index in [1.807, 2.05) is 18.2 Å². The Balaban J connectivity index is 1.19. The smallest absolute Gasteiger partial charge is 0.227 e. The SMILES string of the molecule is C1=CC2c3ccc4c5ccccc5n(-c5cccc(-c6ccccc6)c5)c4c3N(c3cccc4c3oc3nc(-c5ccccc5)ccc34)C2C=C1. The molecule has 240 valence electrons. The average molecular weight is 654 g/mol. The highest BCUT2D eigenvalue weighted by Gasteiger charge is 2.41. The van der Waals surface area contributed by atoms with Crippen LogP contribution in [0, 0.1) is 0 Å². The summed E-state index contributed by atoms with van der Waals surface area (Å²) in [6.45, 7) is 0. The molecule has 0 bridgehead atoms. The highest BCUT2D eigenvalue weighted by molar-refractivity contribution is 6.16. The van der Waals surface area contributed by atoms with Crippen LogP contribution in [0.15, 0.2) is 180 Å². The van der Waals surface area contributed by atoms with Crippen molar-refractivity contribution in [1.82, 2.24) is 9.55 Å². The number of allylic oxidation sites excluding steroid dienone is 2. The Labute approximate surface area is 294 Å². The first-order valence-electron chi connectivity index (χ1n) is 17.6. The number of benzene rings is 6. The molecular formula is C47H31N3O. The second kappa shape index (κ2) is 10.9. The molecular weight excluding hydrogens is 623 g/mol. The highest BCUT2D eigenvalue weighted by Crippen LogP contribution is 2.54. The molecule has 0 saturated heterocycles. The van der Waals surface area contributed by atoms with Crippen LogP contribution in [0.3, 0.4) is 0 Å². The van der Waals surface area contributed by atoms with E-state index < -0.39 is 0 Å². The third kappa shape index (κ3) is 4.17. The third-order valence-corrected chi connectivity index (χ3v) is 10.7. The van der Waals surface area contributed by atoms with Gasteiger partial charge in [-0.05, 0) is 53.1 Å². The minimum atomic E-state index is 0.0874. The number of rotatable bonds is 4. The van der Waals surface area contributed by atoms with E-state index >= 15 is 0 Å². The molecule has 0 fully saturated rings. The molecule has 4 heterocycles. The quantitative estimate of drug-likeness (QED) is 0.190. The number of anilines is 2. The van der Waals surface area contributed by atoms with E-state index in [-0.39, 0.29) is 12.0 Å². The van der Waals surface area contributed by atoms with Crippen molar-refractivity contribution in [2.24, 2.45) is 0 Å². The number of para-hydroxylation sites is 2. The number of fused-ring (bicyclic) bond motifs is 10. The van der Waals surface area contributed by atoms with Crippen molar-refractivity contribution < 1.29 is 4.42 Å². The van der Waals surface area contributed by atoms with E-state index in [4.69, 9.17) is 9.40 Å². The van der Waals surface area contributed by atoms with Gasteiger partial charge in [0.05, 0.1) is 34.1 Å². The molecule has 2 aliphatic rings. The average Bonchev–Trinajstić information content (AvgIpc) is 3.86. The number of pyridine rings is 1. The molecule has 4 nitrogen and oxygen atoms in total. The van der Waals surface area contributed by atoms with Crippen LogP contribution < -0.4 is 4.90 Å². The van der Waals surface area contributed by atoms with Gasteiger partial charge >= 0.3 is 0 Å². The van der Waals surface area contributed by atoms with Crippen LogP contribution >= 0.6 is 0 Å². The zero-order valence-corrected chi connectivity index (χ0v) is 27.6. The van der Waals surface area contributed by atoms with E-state index in [2.05, 4.69) is 167 Å². The van der Waals surface area contributed by atoms with Crippen molar-refractivity contribution in [2.45, 2.75) is 12.0 Å². The number of hydrogen-bond donors (Lipinski definition) is 0. The fraction of sp³-hybridized carbons (Fsp3) is 0.0426. The lowest BCUT2D eigenvalue weighted by atomic mass is 9.91. The lowest BCUT2D eigenvalue weighted by molar-refractivity contribution is 0.650. The maximum Gasteiger partial charge on any atom is 0.227 e. The first-order chi connectivity index (χ1) is 25.3. The Morgan fingerprint density at radius 2 is 1.27 bits per heavy atom. The van der Waals surface area contributed by atoms with Crippen molar-refractivity contribution in [1.29, 1.82) is 0 Å². The molecule has 2 unspecified atom stereocenters. The largest absolute Gasteiger partial charge is 0.435 e. The molecule has 9 aromatic rings. The summed E-state index contributed by atoms with van der Waals surface area (Å²) >= 11 is 0. The number of hydrogen-bond acceptors (Lipinski definition) is 3. The maximum atomic E-state index is 6.80. The molecule has 51 heavy (non-hydrogen) atoms. The summed E-state index contributed by atoms with van der Waals surface area (Å²) in [6.07, 6.45) is 9.06. The normalized spacial score (nSPS) is 16.4. The van der Waals surface area contributed by atoms with Gasteiger partial charge in [-0.15, -0.1) is 0 Å². The minimum Gasteiger partial charge on any atom is -0.435 e. The first kappa shape index (κ1) is 28.2. The van der Waals surface area contributed by atoms with Gasteiger partial charge in [0.15, 0.2) is 5.58 Å². The number of furan rings is 1. The van der Waals surface area contributed by atoms with Gasteiger partial charge in [-0.25, -0.2) is 4.98 Å². The molecule has 0 amide bonds. The predicted molar refractivity (Wildman–Crippen MR) is 210 cm³/mol. The molecule has 0 N–H and O–H groups in total. The lowest BCUT2D eigenvalue weighted by Gasteiger charge is -2.29. The molecule has 2 atom stereocenters. The molecule has 6 aromatic carbocycles. The highest BCUT2D eigenvalue weighted by atomic mass is 16.3. The molecule has 0 radical (unpaired) electrons. The molecule has 11 rings (SSSR count). The van der Waals surface area contributed by atoms with E-state index in [0.29, 0.717) is 5.71 Å². The molecule has 0 spiro atoms. The molecule has 1 aliphatic carbocycles. The van der Waals surface area contributed by atoms with Gasteiger partial charge in [-0.2, -0.15) is 0 Å². The summed E-state index contributed by atoms with van der Waals surface area (Å²) in [6, 6.07) is 54.2. The van der Waals surface area contributed by atoms with Crippen LogP contribution in [0.4, 0.5) is 11.4 Å². The van der Waals surface area contributed by atoms with E-state index in [0.717, 1.165) is 39.0 Å². The summed E-state index contributed by atoms with van der Waals surface area (Å²) in [5.74, 6) is 0.193. The molecule has 3 aromatic heterocycles. The van der Waals surface area contributed by atoms with Crippen LogP contribution in [0.2, 0.25) is 0 Å². The van der Waals surface area contributed by atoms with Crippen molar-refractivity contribution in [2.75, 3.05) is 4.90 Å². The van der Waals surface area contributed by atoms with Gasteiger partial charge in [0.25, 0.3) is 0 Å². The van der Waals surface area contributed by atoms with E-state index in [1.54, 1.807) is 0 Å². The van der Waals surface area contributed by atoms with Gasteiger partial charge < -0.3 is 13.9 Å². The fourth-order valence-corrected chi connectivity index (χ4v) is 8.48. The Bertz CT molecular complexity index is 2880. The topological polar surface area (TPSA) is 34.2 Å². The second-order valence-electron chi connectivity index (χ2n) is 13.5. The van der Waals surface area contributed by atoms with Gasteiger partial charge in [0, 0.05) is 38.7 Å². The Kier molecular flexibility index (Phi) is 6.05. The molecule has 1 aliphatic heterocycles. The summed E-state index contributed by atoms with van der Waals surface area (Å²) in [4.78, 5) is 7.56. The molecule has 4 heteroatoms. The third-order valence-electron chi connectivity index (χ3n) is 10.7. The van der Waals surface area contributed by atoms with Gasteiger partial charge in [0.1, 0.15) is 0 Å². The van der Waals surface area contributed by atoms with Crippen molar-refractivity contribution in [3.05, 3.63) is 182 Å². The minimum absolute atomic E-state index is 0.0874. The Morgan fingerprint density at radius 1 is 0.549 bits per heavy atom. The van der Waals surface area contributed by atoms with E-state index in [1.165, 1.54) is 44.2 Å². The van der Waals surface area contributed by atoms with Crippen LogP contribution in [0.1, 0.15) is 11.5 Å². The zero-order chi connectivity index (χ0) is 33.5. The Morgan fingerprint density at radius 3 is 2.16 bits per heavy atom. The number of nitrogens with zero attached hydrogens (tertiary/aromatic N) is 3. The van der Waals surface area contributed by atoms with Gasteiger partial charge in [-0.3, -0.25) is 0 Å². The monoisotopic (exact) mass is 653 g/mol. The van der Waals surface area contributed by atoms with Crippen molar-refractivity contribution in [3.63, 3.8) is 0 Å². The summed E-state index contributed by atoms with van der Waals surface area (Å²) in [5.41, 5.74) is 13.0. The zero-order valence-electron chi connectivity index (χ0n) is 27.6. The predicted octanol–water partition coefficient (Wildman–Crippen LogP) is 12.1.